The van der Waals surface area contributed by atoms with E-state index in [1.165, 1.54) is 30.4 Å². The number of benzene rings is 2. The van der Waals surface area contributed by atoms with Gasteiger partial charge in [0.25, 0.3) is 11.6 Å². The summed E-state index contributed by atoms with van der Waals surface area (Å²) in [6.45, 7) is 0. The van der Waals surface area contributed by atoms with Gasteiger partial charge in [-0.2, -0.15) is 0 Å². The number of amides is 2. The summed E-state index contributed by atoms with van der Waals surface area (Å²) in [5, 5.41) is 13.4. The first kappa shape index (κ1) is 20.0. The normalized spacial score (nSPS) is 10.3. The molecule has 2 rings (SSSR count). The number of nitro benzene ring substituents is 1. The van der Waals surface area contributed by atoms with Crippen molar-refractivity contribution in [1.29, 1.82) is 0 Å². The Hall–Kier alpha value is -3.30. The van der Waals surface area contributed by atoms with Gasteiger partial charge in [-0.05, 0) is 36.0 Å². The van der Waals surface area contributed by atoms with Crippen molar-refractivity contribution in [3.63, 3.8) is 0 Å². The number of thiocarbonyl (C=S) groups is 1. The van der Waals surface area contributed by atoms with E-state index in [9.17, 15) is 19.7 Å². The average Bonchev–Trinajstić information content (AvgIpc) is 2.65. The standard InChI is InChI=1S/C17H13ClN4O4S/c18-14-7-2-1-4-11(14)8-9-15(23)19-17(27)21-20-16(24)12-5-3-6-13(10-12)22(25)26/h1-10H,(H,20,24)(H2,19,21,23,27). The van der Waals surface area contributed by atoms with E-state index in [0.29, 0.717) is 10.6 Å². The molecule has 2 amide bonds. The third-order valence-electron chi connectivity index (χ3n) is 3.16. The van der Waals surface area contributed by atoms with Crippen LogP contribution in [0.3, 0.4) is 0 Å². The lowest BCUT2D eigenvalue weighted by Gasteiger charge is -2.09. The molecule has 8 nitrogen and oxygen atoms in total. The number of hydrazine groups is 1. The van der Waals surface area contributed by atoms with Crippen molar-refractivity contribution in [3.05, 3.63) is 80.9 Å². The highest BCUT2D eigenvalue weighted by molar-refractivity contribution is 7.80. The van der Waals surface area contributed by atoms with E-state index in [1.54, 1.807) is 24.3 Å². The van der Waals surface area contributed by atoms with Crippen LogP contribution in [0.2, 0.25) is 5.02 Å². The van der Waals surface area contributed by atoms with Gasteiger partial charge in [0.15, 0.2) is 5.11 Å². The fourth-order valence-corrected chi connectivity index (χ4v) is 2.26. The lowest BCUT2D eigenvalue weighted by atomic mass is 10.2. The Morgan fingerprint density at radius 1 is 1.11 bits per heavy atom. The molecule has 0 aromatic heterocycles. The summed E-state index contributed by atoms with van der Waals surface area (Å²) in [4.78, 5) is 33.9. The van der Waals surface area contributed by atoms with E-state index in [1.807, 2.05) is 0 Å². The van der Waals surface area contributed by atoms with E-state index >= 15 is 0 Å². The maximum atomic E-state index is 12.0. The largest absolute Gasteiger partial charge is 0.298 e. The van der Waals surface area contributed by atoms with E-state index in [4.69, 9.17) is 23.8 Å². The Morgan fingerprint density at radius 3 is 2.56 bits per heavy atom. The zero-order chi connectivity index (χ0) is 19.8. The molecule has 2 aromatic carbocycles. The van der Waals surface area contributed by atoms with Crippen molar-refractivity contribution < 1.29 is 14.5 Å². The Morgan fingerprint density at radius 2 is 1.85 bits per heavy atom. The van der Waals surface area contributed by atoms with Gasteiger partial charge in [0, 0.05) is 28.8 Å². The molecule has 10 heteroatoms. The monoisotopic (exact) mass is 404 g/mol. The topological polar surface area (TPSA) is 113 Å². The van der Waals surface area contributed by atoms with Gasteiger partial charge < -0.3 is 0 Å². The molecule has 0 aliphatic carbocycles. The Kier molecular flexibility index (Phi) is 6.98. The second kappa shape index (κ2) is 9.41. The predicted octanol–water partition coefficient (Wildman–Crippen LogP) is 2.60. The third kappa shape index (κ3) is 6.17. The molecule has 0 radical (unpaired) electrons. The maximum absolute atomic E-state index is 12.0. The van der Waals surface area contributed by atoms with Crippen molar-refractivity contribution in [2.24, 2.45) is 0 Å². The second-order valence-electron chi connectivity index (χ2n) is 5.06. The smallest absolute Gasteiger partial charge is 0.270 e. The van der Waals surface area contributed by atoms with Gasteiger partial charge in [0.2, 0.25) is 5.91 Å². The fraction of sp³-hybridized carbons (Fsp3) is 0. The molecule has 0 aliphatic heterocycles. The molecule has 0 bridgehead atoms. The number of hydrogen-bond acceptors (Lipinski definition) is 5. The number of nitrogens with one attached hydrogen (secondary N) is 3. The summed E-state index contributed by atoms with van der Waals surface area (Å²) in [7, 11) is 0. The summed E-state index contributed by atoms with van der Waals surface area (Å²) in [6.07, 6.45) is 2.75. The highest BCUT2D eigenvalue weighted by Crippen LogP contribution is 2.16. The predicted molar refractivity (Wildman–Crippen MR) is 105 cm³/mol. The molecular weight excluding hydrogens is 392 g/mol. The highest BCUT2D eigenvalue weighted by Gasteiger charge is 2.11. The molecule has 0 unspecified atom stereocenters. The van der Waals surface area contributed by atoms with Gasteiger partial charge in [-0.25, -0.2) is 0 Å². The zero-order valence-corrected chi connectivity index (χ0v) is 15.2. The molecular formula is C17H13ClN4O4S. The van der Waals surface area contributed by atoms with E-state index in [0.717, 1.165) is 6.07 Å². The molecule has 2 aromatic rings. The van der Waals surface area contributed by atoms with Gasteiger partial charge >= 0.3 is 0 Å². The van der Waals surface area contributed by atoms with E-state index < -0.39 is 16.7 Å². The number of halogens is 1. The van der Waals surface area contributed by atoms with Crippen LogP contribution in [-0.4, -0.2) is 21.9 Å². The number of rotatable bonds is 4. The van der Waals surface area contributed by atoms with Crippen molar-refractivity contribution in [2.75, 3.05) is 0 Å². The molecule has 0 saturated heterocycles. The molecule has 3 N–H and O–H groups in total. The number of non-ortho nitro benzene ring substituents is 1. The SMILES string of the molecule is O=C(C=Cc1ccccc1Cl)NC(=S)NNC(=O)c1cccc([N+](=O)[O-])c1. The van der Waals surface area contributed by atoms with Crippen molar-refractivity contribution >= 4 is 52.5 Å². The van der Waals surface area contributed by atoms with Gasteiger partial charge in [-0.3, -0.25) is 35.9 Å². The Bertz CT molecular complexity index is 933. The van der Waals surface area contributed by atoms with Crippen LogP contribution in [0.25, 0.3) is 6.08 Å². The first-order valence-electron chi connectivity index (χ1n) is 7.45. The molecule has 0 heterocycles. The van der Waals surface area contributed by atoms with E-state index in [2.05, 4.69) is 16.2 Å². The van der Waals surface area contributed by atoms with Gasteiger partial charge in [0.05, 0.1) is 4.92 Å². The first-order chi connectivity index (χ1) is 12.9. The van der Waals surface area contributed by atoms with Crippen molar-refractivity contribution in [3.8, 4) is 0 Å². The van der Waals surface area contributed by atoms with Crippen LogP contribution in [0.1, 0.15) is 15.9 Å². The lowest BCUT2D eigenvalue weighted by Crippen LogP contribution is -2.48. The maximum Gasteiger partial charge on any atom is 0.270 e. The summed E-state index contributed by atoms with van der Waals surface area (Å²) in [5.41, 5.74) is 5.08. The highest BCUT2D eigenvalue weighted by atomic mass is 35.5. The van der Waals surface area contributed by atoms with Gasteiger partial charge in [0.1, 0.15) is 0 Å². The minimum Gasteiger partial charge on any atom is -0.298 e. The summed E-state index contributed by atoms with van der Waals surface area (Å²) in [6, 6.07) is 12.1. The molecule has 0 aliphatic rings. The minimum atomic E-state index is -0.651. The number of carbonyl (C=O) groups excluding carboxylic acids is 2. The van der Waals surface area contributed by atoms with Crippen molar-refractivity contribution in [1.82, 2.24) is 16.2 Å². The Balaban J connectivity index is 1.86. The van der Waals surface area contributed by atoms with Crippen molar-refractivity contribution in [2.45, 2.75) is 0 Å². The third-order valence-corrected chi connectivity index (χ3v) is 3.71. The fourth-order valence-electron chi connectivity index (χ4n) is 1.91. The second-order valence-corrected chi connectivity index (χ2v) is 5.88. The molecule has 27 heavy (non-hydrogen) atoms. The van der Waals surface area contributed by atoms with Gasteiger partial charge in [-0.1, -0.05) is 35.9 Å². The zero-order valence-electron chi connectivity index (χ0n) is 13.6. The van der Waals surface area contributed by atoms with Crippen LogP contribution in [-0.2, 0) is 4.79 Å². The van der Waals surface area contributed by atoms with Crippen LogP contribution in [0.4, 0.5) is 5.69 Å². The molecule has 0 saturated carbocycles. The number of nitrogens with zero attached hydrogens (tertiary/aromatic N) is 1. The van der Waals surface area contributed by atoms with Crippen LogP contribution in [0.5, 0.6) is 0 Å². The summed E-state index contributed by atoms with van der Waals surface area (Å²) in [5.74, 6) is -1.18. The molecule has 0 atom stereocenters. The lowest BCUT2D eigenvalue weighted by molar-refractivity contribution is -0.384. The molecule has 0 spiro atoms. The average molecular weight is 405 g/mol. The first-order valence-corrected chi connectivity index (χ1v) is 8.24. The van der Waals surface area contributed by atoms with Crippen LogP contribution in [0, 0.1) is 10.1 Å². The molecule has 138 valence electrons. The number of nitro groups is 1. The minimum absolute atomic E-state index is 0.0597. The number of hydrogen-bond donors (Lipinski definition) is 3. The van der Waals surface area contributed by atoms with Crippen LogP contribution >= 0.6 is 23.8 Å². The summed E-state index contributed by atoms with van der Waals surface area (Å²) < 4.78 is 0. The summed E-state index contributed by atoms with van der Waals surface area (Å²) >= 11 is 10.9. The molecule has 0 fully saturated rings. The quantitative estimate of drug-likeness (QED) is 0.312. The van der Waals surface area contributed by atoms with Crippen LogP contribution in [0.15, 0.2) is 54.6 Å². The van der Waals surface area contributed by atoms with Gasteiger partial charge in [-0.15, -0.1) is 0 Å². The van der Waals surface area contributed by atoms with E-state index in [-0.39, 0.29) is 16.4 Å². The Labute approximate surface area is 164 Å². The number of carbonyl (C=O) groups is 2. The van der Waals surface area contributed by atoms with Crippen LogP contribution < -0.4 is 16.2 Å².